The second-order valence-corrected chi connectivity index (χ2v) is 13.0. The summed E-state index contributed by atoms with van der Waals surface area (Å²) in [6.45, 7) is 0. The molecule has 0 saturated heterocycles. The van der Waals surface area contributed by atoms with Crippen LogP contribution in [0.15, 0.2) is 178 Å². The van der Waals surface area contributed by atoms with Crippen LogP contribution in [-0.2, 0) is 0 Å². The predicted octanol–water partition coefficient (Wildman–Crippen LogP) is 13.0. The van der Waals surface area contributed by atoms with Crippen molar-refractivity contribution >= 4 is 82.9 Å². The Morgan fingerprint density at radius 2 is 0.769 bits per heavy atom. The molecule has 6 nitrogen and oxygen atoms in total. The highest BCUT2D eigenvalue weighted by molar-refractivity contribution is 6.10. The van der Waals surface area contributed by atoms with Gasteiger partial charge in [0.2, 0.25) is 0 Å². The number of aromatic nitrogens is 2. The molecule has 0 saturated carbocycles. The zero-order valence-electron chi connectivity index (χ0n) is 27.7. The molecule has 0 aliphatic rings. The maximum Gasteiger partial charge on any atom is 0.146 e. The first-order valence-corrected chi connectivity index (χ1v) is 17.2. The first-order chi connectivity index (χ1) is 25.8. The maximum absolute atomic E-state index is 6.34. The molecule has 0 atom stereocenters. The van der Waals surface area contributed by atoms with Crippen molar-refractivity contribution in [1.29, 1.82) is 0 Å². The Balaban J connectivity index is 1.04. The van der Waals surface area contributed by atoms with Gasteiger partial charge in [0.1, 0.15) is 33.5 Å². The summed E-state index contributed by atoms with van der Waals surface area (Å²) >= 11 is 0. The van der Waals surface area contributed by atoms with Gasteiger partial charge in [0.15, 0.2) is 0 Å². The van der Waals surface area contributed by atoms with Crippen LogP contribution in [0, 0.1) is 0 Å². The summed E-state index contributed by atoms with van der Waals surface area (Å²) in [7, 11) is 0. The van der Waals surface area contributed by atoms with E-state index in [9.17, 15) is 0 Å². The van der Waals surface area contributed by atoms with Gasteiger partial charge in [-0.2, -0.15) is 0 Å². The molecule has 0 spiro atoms. The van der Waals surface area contributed by atoms with Gasteiger partial charge in [0, 0.05) is 85.3 Å². The molecule has 11 rings (SSSR count). The third kappa shape index (κ3) is 4.38. The Kier molecular flexibility index (Phi) is 6.15. The van der Waals surface area contributed by atoms with E-state index < -0.39 is 0 Å². The van der Waals surface area contributed by atoms with Crippen LogP contribution in [0.2, 0.25) is 0 Å². The molecule has 5 heterocycles. The molecule has 0 N–H and O–H groups in total. The van der Waals surface area contributed by atoms with E-state index >= 15 is 0 Å². The van der Waals surface area contributed by atoms with Crippen molar-refractivity contribution in [3.8, 4) is 22.3 Å². The van der Waals surface area contributed by atoms with Gasteiger partial charge in [0.25, 0.3) is 0 Å². The van der Waals surface area contributed by atoms with E-state index in [0.717, 1.165) is 105 Å². The number of nitrogens with zero attached hydrogens (tertiary/aromatic N) is 3. The van der Waals surface area contributed by atoms with Gasteiger partial charge in [-0.15, -0.1) is 0 Å². The summed E-state index contributed by atoms with van der Waals surface area (Å²) in [5.41, 5.74) is 12.1. The summed E-state index contributed by atoms with van der Waals surface area (Å²) in [6, 6.07) is 47.9. The molecule has 11 aromatic rings. The molecule has 52 heavy (non-hydrogen) atoms. The number of hydrogen-bond donors (Lipinski definition) is 0. The average molecular weight is 670 g/mol. The minimum Gasteiger partial charge on any atom is -0.456 e. The van der Waals surface area contributed by atoms with Gasteiger partial charge in [0.05, 0.1) is 0 Å². The summed E-state index contributed by atoms with van der Waals surface area (Å²) in [5.74, 6) is 0. The second-order valence-electron chi connectivity index (χ2n) is 13.0. The Labute approximate surface area is 296 Å². The van der Waals surface area contributed by atoms with Crippen LogP contribution in [0.4, 0.5) is 17.1 Å². The topological polar surface area (TPSA) is 68.4 Å². The summed E-state index contributed by atoms with van der Waals surface area (Å²) in [6.07, 6.45) is 7.52. The Hall–Kier alpha value is -7.18. The second kappa shape index (κ2) is 11.2. The van der Waals surface area contributed by atoms with Gasteiger partial charge in [-0.3, -0.25) is 9.97 Å². The minimum absolute atomic E-state index is 0.836. The van der Waals surface area contributed by atoms with Crippen molar-refractivity contribution in [3.05, 3.63) is 164 Å². The Bertz CT molecular complexity index is 2980. The Morgan fingerprint density at radius 1 is 0.346 bits per heavy atom. The number of benzene rings is 6. The van der Waals surface area contributed by atoms with Crippen LogP contribution in [0.1, 0.15) is 0 Å². The van der Waals surface area contributed by atoms with Crippen molar-refractivity contribution in [2.75, 3.05) is 4.90 Å². The lowest BCUT2D eigenvalue weighted by molar-refractivity contribution is 0.668. The molecular formula is C46H27N3O3. The third-order valence-corrected chi connectivity index (χ3v) is 10.1. The Morgan fingerprint density at radius 3 is 1.29 bits per heavy atom. The predicted molar refractivity (Wildman–Crippen MR) is 209 cm³/mol. The first-order valence-electron chi connectivity index (χ1n) is 17.2. The average Bonchev–Trinajstić information content (AvgIpc) is 3.90. The number of rotatable bonds is 5. The highest BCUT2D eigenvalue weighted by Crippen LogP contribution is 2.42. The molecule has 0 fully saturated rings. The molecule has 0 amide bonds. The van der Waals surface area contributed by atoms with E-state index in [2.05, 4.69) is 99.8 Å². The largest absolute Gasteiger partial charge is 0.456 e. The summed E-state index contributed by atoms with van der Waals surface area (Å²) < 4.78 is 18.9. The van der Waals surface area contributed by atoms with E-state index in [-0.39, 0.29) is 0 Å². The van der Waals surface area contributed by atoms with Crippen molar-refractivity contribution in [2.45, 2.75) is 0 Å². The van der Waals surface area contributed by atoms with Gasteiger partial charge >= 0.3 is 0 Å². The lowest BCUT2D eigenvalue weighted by Gasteiger charge is -2.26. The monoisotopic (exact) mass is 669 g/mol. The molecule has 6 heteroatoms. The van der Waals surface area contributed by atoms with E-state index in [4.69, 9.17) is 13.3 Å². The van der Waals surface area contributed by atoms with Crippen molar-refractivity contribution in [1.82, 2.24) is 9.97 Å². The molecule has 244 valence electrons. The van der Waals surface area contributed by atoms with Gasteiger partial charge in [-0.05, 0) is 71.8 Å². The molecule has 0 aliphatic heterocycles. The van der Waals surface area contributed by atoms with Crippen molar-refractivity contribution in [2.24, 2.45) is 0 Å². The van der Waals surface area contributed by atoms with Crippen molar-refractivity contribution < 1.29 is 13.3 Å². The summed E-state index contributed by atoms with van der Waals surface area (Å²) in [5, 5.41) is 6.29. The number of fused-ring (bicyclic) bond motifs is 9. The fourth-order valence-electron chi connectivity index (χ4n) is 7.57. The highest BCUT2D eigenvalue weighted by atomic mass is 16.3. The number of pyridine rings is 2. The minimum atomic E-state index is 0.836. The number of anilines is 3. The van der Waals surface area contributed by atoms with Crippen LogP contribution in [0.25, 0.3) is 88.1 Å². The van der Waals surface area contributed by atoms with Gasteiger partial charge in [-0.25, -0.2) is 0 Å². The quantitative estimate of drug-likeness (QED) is 0.182. The van der Waals surface area contributed by atoms with E-state index in [1.807, 2.05) is 79.4 Å². The molecular weight excluding hydrogens is 643 g/mol. The molecule has 0 aliphatic carbocycles. The van der Waals surface area contributed by atoms with Crippen LogP contribution < -0.4 is 4.90 Å². The van der Waals surface area contributed by atoms with Crippen LogP contribution in [0.3, 0.4) is 0 Å². The van der Waals surface area contributed by atoms with Crippen LogP contribution in [-0.4, -0.2) is 9.97 Å². The summed E-state index contributed by atoms with van der Waals surface area (Å²) in [4.78, 5) is 11.4. The highest BCUT2D eigenvalue weighted by Gasteiger charge is 2.19. The smallest absolute Gasteiger partial charge is 0.146 e. The normalized spacial score (nSPS) is 11.8. The van der Waals surface area contributed by atoms with Crippen LogP contribution >= 0.6 is 0 Å². The number of para-hydroxylation sites is 3. The zero-order chi connectivity index (χ0) is 34.2. The number of furan rings is 3. The fourth-order valence-corrected chi connectivity index (χ4v) is 7.57. The SMILES string of the molecule is c1ccc2c(c1)oc1ccc(N(c3ccc(-c4cncc5c4oc4ccccc45)cc3)c3ccc(-c4cncc5c4oc4ccccc45)cc3)cc12. The molecule has 0 bridgehead atoms. The van der Waals surface area contributed by atoms with E-state index in [1.54, 1.807) is 0 Å². The van der Waals surface area contributed by atoms with Gasteiger partial charge < -0.3 is 18.2 Å². The standard InChI is InChI=1S/C46H27N3O3/c1-4-10-41-33(7-1)36-23-32(21-22-44(36)50-41)49(30-17-13-28(14-18-30)37-24-47-26-39-34-8-2-5-11-42(34)51-45(37)39)31-19-15-29(16-20-31)38-25-48-27-40-35-9-3-6-12-43(35)52-46(38)40/h1-27H. The van der Waals surface area contributed by atoms with E-state index in [0.29, 0.717) is 0 Å². The van der Waals surface area contributed by atoms with E-state index in [1.165, 1.54) is 0 Å². The lowest BCUT2D eigenvalue weighted by atomic mass is 10.0. The zero-order valence-corrected chi connectivity index (χ0v) is 27.7. The first kappa shape index (κ1) is 28.6. The maximum atomic E-state index is 6.34. The van der Waals surface area contributed by atoms with Gasteiger partial charge in [-0.1, -0.05) is 78.9 Å². The fraction of sp³-hybridized carbons (Fsp3) is 0. The lowest BCUT2D eigenvalue weighted by Crippen LogP contribution is -2.09. The van der Waals surface area contributed by atoms with Crippen molar-refractivity contribution in [3.63, 3.8) is 0 Å². The van der Waals surface area contributed by atoms with Crippen LogP contribution in [0.5, 0.6) is 0 Å². The third-order valence-electron chi connectivity index (χ3n) is 10.1. The molecule has 0 unspecified atom stereocenters. The molecule has 6 aromatic carbocycles. The number of hydrogen-bond acceptors (Lipinski definition) is 6. The molecule has 0 radical (unpaired) electrons. The molecule has 5 aromatic heterocycles.